The standard InChI is InChI=1S/C31H37Cl2N7O5/c1-44-31(43)36-17-21-2-5-39(6-3-21)20-22-12-27(23-14-24(32)16-25(33)15-23)37-28(13-22)45-26-18-34-30(35-19-26)40-10-8-38(9-11-40)7-4-29(41)42/h12-16,18-19,21H,2-11,17,20H2,1H3,(H,36,43)(H,41,42). The summed E-state index contributed by atoms with van der Waals surface area (Å²) in [7, 11) is 1.37. The van der Waals surface area contributed by atoms with E-state index in [0.29, 0.717) is 72.0 Å². The molecule has 4 heterocycles. The Kier molecular flexibility index (Phi) is 11.3. The second-order valence-corrected chi connectivity index (χ2v) is 12.1. The van der Waals surface area contributed by atoms with E-state index in [1.165, 1.54) is 7.11 Å². The Bertz CT molecular complexity index is 1440. The molecule has 0 spiro atoms. The third kappa shape index (κ3) is 9.64. The topological polar surface area (TPSA) is 133 Å². The van der Waals surface area contributed by atoms with Gasteiger partial charge >= 0.3 is 12.1 Å². The molecule has 2 aliphatic heterocycles. The van der Waals surface area contributed by atoms with E-state index in [2.05, 4.69) is 34.7 Å². The second-order valence-electron chi connectivity index (χ2n) is 11.2. The molecule has 2 fully saturated rings. The number of piperidine rings is 1. The Morgan fingerprint density at radius 3 is 2.29 bits per heavy atom. The van der Waals surface area contributed by atoms with Crippen molar-refractivity contribution < 1.29 is 24.2 Å². The van der Waals surface area contributed by atoms with E-state index in [4.69, 9.17) is 38.0 Å². The van der Waals surface area contributed by atoms with Gasteiger partial charge in [0, 0.05) is 67.5 Å². The molecule has 0 saturated carbocycles. The summed E-state index contributed by atoms with van der Waals surface area (Å²) in [6.07, 6.45) is 4.95. The van der Waals surface area contributed by atoms with E-state index in [1.54, 1.807) is 18.5 Å². The number of amides is 1. The molecule has 0 radical (unpaired) electrons. The summed E-state index contributed by atoms with van der Waals surface area (Å²) >= 11 is 12.6. The first-order valence-corrected chi connectivity index (χ1v) is 15.7. The summed E-state index contributed by atoms with van der Waals surface area (Å²) in [6.45, 7) is 6.58. The number of carboxylic acid groups (broad SMARTS) is 1. The number of pyridine rings is 1. The van der Waals surface area contributed by atoms with Crippen molar-refractivity contribution in [3.05, 3.63) is 58.3 Å². The van der Waals surface area contributed by atoms with Crippen molar-refractivity contribution >= 4 is 41.2 Å². The van der Waals surface area contributed by atoms with Gasteiger partial charge in [-0.25, -0.2) is 19.7 Å². The highest BCUT2D eigenvalue weighted by molar-refractivity contribution is 6.35. The zero-order chi connectivity index (χ0) is 31.8. The summed E-state index contributed by atoms with van der Waals surface area (Å²) < 4.78 is 10.9. The number of carboxylic acids is 1. The smallest absolute Gasteiger partial charge is 0.406 e. The highest BCUT2D eigenvalue weighted by Gasteiger charge is 2.22. The van der Waals surface area contributed by atoms with Gasteiger partial charge in [0.05, 0.1) is 31.6 Å². The number of benzene rings is 1. The van der Waals surface area contributed by atoms with Crippen molar-refractivity contribution in [3.8, 4) is 22.9 Å². The van der Waals surface area contributed by atoms with E-state index < -0.39 is 12.1 Å². The minimum Gasteiger partial charge on any atom is -0.481 e. The third-order valence-electron chi connectivity index (χ3n) is 7.99. The normalized spacial score (nSPS) is 16.4. The van der Waals surface area contributed by atoms with Crippen LogP contribution in [0.1, 0.15) is 24.8 Å². The lowest BCUT2D eigenvalue weighted by atomic mass is 9.96. The molecule has 0 aliphatic carbocycles. The summed E-state index contributed by atoms with van der Waals surface area (Å²) in [5.74, 6) is 1.08. The van der Waals surface area contributed by atoms with E-state index in [9.17, 15) is 9.59 Å². The molecule has 45 heavy (non-hydrogen) atoms. The zero-order valence-electron chi connectivity index (χ0n) is 25.1. The van der Waals surface area contributed by atoms with Crippen LogP contribution in [0.5, 0.6) is 11.6 Å². The number of rotatable bonds is 11. The maximum Gasteiger partial charge on any atom is 0.406 e. The molecule has 2 aliphatic rings. The van der Waals surface area contributed by atoms with Crippen LogP contribution in [0.25, 0.3) is 11.3 Å². The number of hydrogen-bond donors (Lipinski definition) is 2. The molecule has 5 rings (SSSR count). The molecule has 12 nitrogen and oxygen atoms in total. The van der Waals surface area contributed by atoms with Gasteiger partial charge in [0.25, 0.3) is 0 Å². The van der Waals surface area contributed by atoms with E-state index in [0.717, 1.165) is 50.1 Å². The van der Waals surface area contributed by atoms with Crippen LogP contribution < -0.4 is 15.0 Å². The van der Waals surface area contributed by atoms with Crippen LogP contribution in [0.2, 0.25) is 10.0 Å². The van der Waals surface area contributed by atoms with Crippen LogP contribution in [0.15, 0.2) is 42.7 Å². The van der Waals surface area contributed by atoms with Crippen LogP contribution in [0.4, 0.5) is 10.7 Å². The maximum absolute atomic E-state index is 11.4. The first-order valence-electron chi connectivity index (χ1n) is 14.9. The Balaban J connectivity index is 1.26. The molecule has 240 valence electrons. The summed E-state index contributed by atoms with van der Waals surface area (Å²) in [6, 6.07) is 9.27. The molecular weight excluding hydrogens is 621 g/mol. The molecular formula is C31H37Cl2N7O5. The summed E-state index contributed by atoms with van der Waals surface area (Å²) in [4.78, 5) is 42.7. The van der Waals surface area contributed by atoms with Crippen LogP contribution >= 0.6 is 23.2 Å². The highest BCUT2D eigenvalue weighted by Crippen LogP contribution is 2.31. The van der Waals surface area contributed by atoms with Crippen molar-refractivity contribution in [2.75, 3.05) is 64.4 Å². The van der Waals surface area contributed by atoms with E-state index >= 15 is 0 Å². The lowest BCUT2D eigenvalue weighted by Crippen LogP contribution is -2.47. The largest absolute Gasteiger partial charge is 0.481 e. The zero-order valence-corrected chi connectivity index (χ0v) is 26.6. The number of piperazine rings is 1. The molecule has 1 aromatic carbocycles. The lowest BCUT2D eigenvalue weighted by molar-refractivity contribution is -0.137. The first kappa shape index (κ1) is 32.7. The number of halogens is 2. The number of carbonyl (C=O) groups is 2. The summed E-state index contributed by atoms with van der Waals surface area (Å²) in [5.41, 5.74) is 2.49. The van der Waals surface area contributed by atoms with Crippen molar-refractivity contribution in [2.24, 2.45) is 5.92 Å². The number of likely N-dealkylation sites (tertiary alicyclic amines) is 1. The minimum atomic E-state index is -0.786. The Hall–Kier alpha value is -3.71. The SMILES string of the molecule is COC(=O)NCC1CCN(Cc2cc(Oc3cnc(N4CCN(CCC(=O)O)CC4)nc3)nc(-c3cc(Cl)cc(Cl)c3)c2)CC1. The van der Waals surface area contributed by atoms with Crippen molar-refractivity contribution in [1.29, 1.82) is 0 Å². The number of alkyl carbamates (subject to hydrolysis) is 1. The number of carbonyl (C=O) groups excluding carboxylic acids is 1. The number of aliphatic carboxylic acids is 1. The number of nitrogens with zero attached hydrogens (tertiary/aromatic N) is 6. The predicted molar refractivity (Wildman–Crippen MR) is 171 cm³/mol. The average molecular weight is 659 g/mol. The fraction of sp³-hybridized carbons (Fsp3) is 0.452. The van der Waals surface area contributed by atoms with Crippen LogP contribution in [-0.4, -0.2) is 101 Å². The van der Waals surface area contributed by atoms with Gasteiger partial charge in [0.1, 0.15) is 0 Å². The Morgan fingerprint density at radius 1 is 0.956 bits per heavy atom. The molecule has 14 heteroatoms. The van der Waals surface area contributed by atoms with Crippen LogP contribution in [0.3, 0.4) is 0 Å². The van der Waals surface area contributed by atoms with E-state index in [1.807, 2.05) is 24.3 Å². The molecule has 0 atom stereocenters. The van der Waals surface area contributed by atoms with Crippen molar-refractivity contribution in [1.82, 2.24) is 30.1 Å². The number of aromatic nitrogens is 3. The molecule has 2 aromatic heterocycles. The van der Waals surface area contributed by atoms with Crippen molar-refractivity contribution in [3.63, 3.8) is 0 Å². The molecule has 1 amide bonds. The fourth-order valence-electron chi connectivity index (χ4n) is 5.53. The maximum atomic E-state index is 11.4. The number of hydrogen-bond acceptors (Lipinski definition) is 10. The minimum absolute atomic E-state index is 0.137. The van der Waals surface area contributed by atoms with Gasteiger partial charge in [0.2, 0.25) is 11.8 Å². The molecule has 2 N–H and O–H groups in total. The van der Waals surface area contributed by atoms with Crippen LogP contribution in [0, 0.1) is 5.92 Å². The van der Waals surface area contributed by atoms with Gasteiger partial charge in [-0.15, -0.1) is 0 Å². The average Bonchev–Trinajstić information content (AvgIpc) is 3.03. The van der Waals surface area contributed by atoms with Gasteiger partial charge in [-0.3, -0.25) is 14.6 Å². The lowest BCUT2D eigenvalue weighted by Gasteiger charge is -2.34. The molecule has 0 bridgehead atoms. The predicted octanol–water partition coefficient (Wildman–Crippen LogP) is 4.80. The second kappa shape index (κ2) is 15.5. The van der Waals surface area contributed by atoms with Gasteiger partial charge in [-0.1, -0.05) is 23.2 Å². The Morgan fingerprint density at radius 2 is 1.64 bits per heavy atom. The Labute approximate surface area is 272 Å². The highest BCUT2D eigenvalue weighted by atomic mass is 35.5. The number of anilines is 1. The monoisotopic (exact) mass is 657 g/mol. The number of nitrogens with one attached hydrogen (secondary N) is 1. The number of ether oxygens (including phenoxy) is 2. The van der Waals surface area contributed by atoms with Gasteiger partial charge in [0.15, 0.2) is 5.75 Å². The quantitative estimate of drug-likeness (QED) is 0.294. The molecule has 3 aromatic rings. The third-order valence-corrected chi connectivity index (χ3v) is 8.42. The summed E-state index contributed by atoms with van der Waals surface area (Å²) in [5, 5.41) is 12.8. The van der Waals surface area contributed by atoms with Crippen molar-refractivity contribution in [2.45, 2.75) is 25.8 Å². The fourth-order valence-corrected chi connectivity index (χ4v) is 6.06. The van der Waals surface area contributed by atoms with Gasteiger partial charge in [-0.05, 0) is 61.7 Å². The van der Waals surface area contributed by atoms with Gasteiger partial charge < -0.3 is 24.8 Å². The van der Waals surface area contributed by atoms with Crippen LogP contribution in [-0.2, 0) is 16.1 Å². The molecule has 0 unspecified atom stereocenters. The van der Waals surface area contributed by atoms with E-state index in [-0.39, 0.29) is 6.42 Å². The number of methoxy groups -OCH3 is 1. The molecule has 2 saturated heterocycles. The first-order chi connectivity index (χ1) is 21.7. The van der Waals surface area contributed by atoms with Gasteiger partial charge in [-0.2, -0.15) is 0 Å².